The summed E-state index contributed by atoms with van der Waals surface area (Å²) in [4.78, 5) is 15.7. The molecule has 1 aliphatic rings. The van der Waals surface area contributed by atoms with Crippen molar-refractivity contribution < 1.29 is 4.74 Å². The van der Waals surface area contributed by atoms with Crippen LogP contribution in [-0.4, -0.2) is 46.1 Å². The number of fused-ring (bicyclic) bond motifs is 1. The normalized spacial score (nSPS) is 17.6. The molecule has 0 radical (unpaired) electrons. The number of nitrogens with one attached hydrogen (secondary N) is 2. The van der Waals surface area contributed by atoms with E-state index in [1.807, 2.05) is 54.6 Å². The van der Waals surface area contributed by atoms with Crippen molar-refractivity contribution in [2.45, 2.75) is 25.0 Å². The highest BCUT2D eigenvalue weighted by Gasteiger charge is 2.32. The Balaban J connectivity index is 1.21. The highest BCUT2D eigenvalue weighted by Crippen LogP contribution is 2.29. The highest BCUT2D eigenvalue weighted by molar-refractivity contribution is 9.10. The standard InChI is InChI=1S/C25H25BrN6O/c1-32(2)20-13-22(14-20)33-21-6-4-18(5-7-21)30-25-27-10-9-24(31-25)29-19-12-16-11-17(26)3-8-23(16)28-15-19/h3-12,15,20,22H,13-14H2,1-2H3,(H2,27,29,30,31). The number of anilines is 4. The van der Waals surface area contributed by atoms with E-state index in [9.17, 15) is 0 Å². The summed E-state index contributed by atoms with van der Waals surface area (Å²) in [6.45, 7) is 0. The van der Waals surface area contributed by atoms with Crippen LogP contribution in [0, 0.1) is 0 Å². The van der Waals surface area contributed by atoms with Crippen LogP contribution >= 0.6 is 15.9 Å². The molecule has 2 N–H and O–H groups in total. The largest absolute Gasteiger partial charge is 0.490 e. The molecule has 0 aliphatic heterocycles. The van der Waals surface area contributed by atoms with Crippen molar-refractivity contribution in [2.75, 3.05) is 24.7 Å². The summed E-state index contributed by atoms with van der Waals surface area (Å²) in [6, 6.07) is 18.4. The van der Waals surface area contributed by atoms with Gasteiger partial charge in [-0.25, -0.2) is 4.98 Å². The van der Waals surface area contributed by atoms with E-state index in [1.165, 1.54) is 0 Å². The molecule has 0 amide bonds. The topological polar surface area (TPSA) is 75.2 Å². The first-order valence-electron chi connectivity index (χ1n) is 10.9. The molecule has 0 unspecified atom stereocenters. The van der Waals surface area contributed by atoms with Crippen molar-refractivity contribution in [3.8, 4) is 5.75 Å². The van der Waals surface area contributed by atoms with E-state index in [0.717, 1.165) is 45.3 Å². The minimum absolute atomic E-state index is 0.299. The Bertz CT molecular complexity index is 1260. The molecule has 0 bridgehead atoms. The number of hydrogen-bond acceptors (Lipinski definition) is 7. The maximum atomic E-state index is 6.05. The van der Waals surface area contributed by atoms with E-state index in [2.05, 4.69) is 60.5 Å². The van der Waals surface area contributed by atoms with Crippen molar-refractivity contribution in [1.82, 2.24) is 19.9 Å². The summed E-state index contributed by atoms with van der Waals surface area (Å²) < 4.78 is 7.07. The van der Waals surface area contributed by atoms with Gasteiger partial charge in [-0.1, -0.05) is 15.9 Å². The molecule has 5 rings (SSSR count). The SMILES string of the molecule is CN(C)C1CC(Oc2ccc(Nc3nccc(Nc4cnc5ccc(Br)cc5c4)n3)cc2)C1. The number of benzene rings is 2. The molecule has 0 saturated heterocycles. The van der Waals surface area contributed by atoms with E-state index in [0.29, 0.717) is 23.9 Å². The third-order valence-electron chi connectivity index (χ3n) is 5.78. The van der Waals surface area contributed by atoms with E-state index < -0.39 is 0 Å². The molecule has 7 nitrogen and oxygen atoms in total. The lowest BCUT2D eigenvalue weighted by atomic mass is 9.88. The fourth-order valence-electron chi connectivity index (χ4n) is 3.80. The molecule has 4 aromatic rings. The first-order chi connectivity index (χ1) is 16.0. The summed E-state index contributed by atoms with van der Waals surface area (Å²) in [6.07, 6.45) is 5.97. The molecule has 0 spiro atoms. The monoisotopic (exact) mass is 504 g/mol. The maximum absolute atomic E-state index is 6.05. The van der Waals surface area contributed by atoms with Gasteiger partial charge in [0.2, 0.25) is 5.95 Å². The number of hydrogen-bond donors (Lipinski definition) is 2. The van der Waals surface area contributed by atoms with Crippen LogP contribution in [0.5, 0.6) is 5.75 Å². The lowest BCUT2D eigenvalue weighted by molar-refractivity contribution is 0.0401. The molecule has 1 saturated carbocycles. The number of ether oxygens (including phenoxy) is 1. The van der Waals surface area contributed by atoms with Gasteiger partial charge in [-0.2, -0.15) is 4.98 Å². The van der Waals surface area contributed by atoms with Gasteiger partial charge in [0.1, 0.15) is 17.7 Å². The van der Waals surface area contributed by atoms with Gasteiger partial charge < -0.3 is 20.3 Å². The van der Waals surface area contributed by atoms with Gasteiger partial charge in [0.25, 0.3) is 0 Å². The Morgan fingerprint density at radius 3 is 2.55 bits per heavy atom. The second-order valence-corrected chi connectivity index (χ2v) is 9.35. The second-order valence-electron chi connectivity index (χ2n) is 8.43. The van der Waals surface area contributed by atoms with E-state index in [-0.39, 0.29) is 0 Å². The lowest BCUT2D eigenvalue weighted by Crippen LogP contribution is -2.46. The smallest absolute Gasteiger partial charge is 0.229 e. The Hall–Kier alpha value is -3.23. The third-order valence-corrected chi connectivity index (χ3v) is 6.28. The van der Waals surface area contributed by atoms with Gasteiger partial charge in [0.15, 0.2) is 0 Å². The number of rotatable bonds is 7. The zero-order chi connectivity index (χ0) is 22.8. The highest BCUT2D eigenvalue weighted by atomic mass is 79.9. The molecule has 2 aromatic heterocycles. The Kier molecular flexibility index (Phi) is 6.11. The van der Waals surface area contributed by atoms with E-state index in [4.69, 9.17) is 4.74 Å². The van der Waals surface area contributed by atoms with Crippen molar-refractivity contribution >= 4 is 50.0 Å². The summed E-state index contributed by atoms with van der Waals surface area (Å²) in [5, 5.41) is 7.60. The predicted octanol–water partition coefficient (Wildman–Crippen LogP) is 5.75. The average molecular weight is 505 g/mol. The summed E-state index contributed by atoms with van der Waals surface area (Å²) in [5.41, 5.74) is 2.70. The molecule has 168 valence electrons. The van der Waals surface area contributed by atoms with Crippen LogP contribution in [0.1, 0.15) is 12.8 Å². The van der Waals surface area contributed by atoms with Crippen LogP contribution in [0.3, 0.4) is 0 Å². The van der Waals surface area contributed by atoms with E-state index >= 15 is 0 Å². The van der Waals surface area contributed by atoms with Gasteiger partial charge >= 0.3 is 0 Å². The van der Waals surface area contributed by atoms with Crippen LogP contribution in [0.15, 0.2) is 71.5 Å². The number of pyridine rings is 1. The molecule has 0 atom stereocenters. The fraction of sp³-hybridized carbons (Fsp3) is 0.240. The van der Waals surface area contributed by atoms with Crippen LogP contribution in [0.25, 0.3) is 10.9 Å². The van der Waals surface area contributed by atoms with Crippen LogP contribution in [0.2, 0.25) is 0 Å². The van der Waals surface area contributed by atoms with Crippen molar-refractivity contribution in [1.29, 1.82) is 0 Å². The summed E-state index contributed by atoms with van der Waals surface area (Å²) in [5.74, 6) is 2.08. The minimum atomic E-state index is 0.299. The van der Waals surface area contributed by atoms with Crippen molar-refractivity contribution in [2.24, 2.45) is 0 Å². The Labute approximate surface area is 201 Å². The molecule has 1 fully saturated rings. The second kappa shape index (κ2) is 9.33. The fourth-order valence-corrected chi connectivity index (χ4v) is 4.18. The van der Waals surface area contributed by atoms with Gasteiger partial charge in [-0.05, 0) is 81.5 Å². The average Bonchev–Trinajstić information content (AvgIpc) is 2.77. The molecule has 1 aliphatic carbocycles. The maximum Gasteiger partial charge on any atom is 0.229 e. The molecule has 8 heteroatoms. The third kappa shape index (κ3) is 5.23. The van der Waals surface area contributed by atoms with Crippen molar-refractivity contribution in [3.63, 3.8) is 0 Å². The van der Waals surface area contributed by atoms with Crippen LogP contribution in [0.4, 0.5) is 23.1 Å². The first kappa shape index (κ1) is 21.6. The van der Waals surface area contributed by atoms with E-state index in [1.54, 1.807) is 12.4 Å². The van der Waals surface area contributed by atoms with Gasteiger partial charge in [0.05, 0.1) is 17.4 Å². The Morgan fingerprint density at radius 2 is 1.76 bits per heavy atom. The molecule has 2 heterocycles. The zero-order valence-electron chi connectivity index (χ0n) is 18.5. The minimum Gasteiger partial charge on any atom is -0.490 e. The van der Waals surface area contributed by atoms with Gasteiger partial charge in [0, 0.05) is 27.8 Å². The zero-order valence-corrected chi connectivity index (χ0v) is 20.1. The van der Waals surface area contributed by atoms with Crippen molar-refractivity contribution in [3.05, 3.63) is 71.5 Å². The summed E-state index contributed by atoms with van der Waals surface area (Å²) >= 11 is 3.51. The predicted molar refractivity (Wildman–Crippen MR) is 136 cm³/mol. The summed E-state index contributed by atoms with van der Waals surface area (Å²) in [7, 11) is 4.23. The number of aromatic nitrogens is 3. The van der Waals surface area contributed by atoms with Crippen LogP contribution < -0.4 is 15.4 Å². The van der Waals surface area contributed by atoms with Gasteiger partial charge in [-0.3, -0.25) is 4.98 Å². The number of nitrogens with zero attached hydrogens (tertiary/aromatic N) is 4. The molecular formula is C25H25BrN6O. The van der Waals surface area contributed by atoms with Crippen LogP contribution in [-0.2, 0) is 0 Å². The lowest BCUT2D eigenvalue weighted by Gasteiger charge is -2.39. The first-order valence-corrected chi connectivity index (χ1v) is 11.7. The molecular weight excluding hydrogens is 480 g/mol. The Morgan fingerprint density at radius 1 is 0.939 bits per heavy atom. The number of halogens is 1. The molecule has 2 aromatic carbocycles. The van der Waals surface area contributed by atoms with Gasteiger partial charge in [-0.15, -0.1) is 0 Å². The molecule has 33 heavy (non-hydrogen) atoms. The quantitative estimate of drug-likeness (QED) is 0.332.